The molecule has 0 bridgehead atoms. The molecule has 32 heavy (non-hydrogen) atoms. The first-order valence-electron chi connectivity index (χ1n) is 10.6. The minimum Gasteiger partial charge on any atom is -0.309 e. The molecule has 7 heteroatoms. The lowest BCUT2D eigenvalue weighted by atomic mass is 10.0. The molecule has 1 aromatic heterocycles. The van der Waals surface area contributed by atoms with E-state index in [9.17, 15) is 18.4 Å². The van der Waals surface area contributed by atoms with Gasteiger partial charge in [0.05, 0.1) is 12.2 Å². The molecule has 0 radical (unpaired) electrons. The summed E-state index contributed by atoms with van der Waals surface area (Å²) >= 11 is 0. The van der Waals surface area contributed by atoms with Crippen molar-refractivity contribution in [1.29, 1.82) is 0 Å². The van der Waals surface area contributed by atoms with Crippen LogP contribution < -0.4 is 5.56 Å². The van der Waals surface area contributed by atoms with Crippen LogP contribution in [-0.2, 0) is 17.8 Å². The van der Waals surface area contributed by atoms with Crippen molar-refractivity contribution in [2.45, 2.75) is 32.2 Å². The van der Waals surface area contributed by atoms with E-state index < -0.39 is 11.6 Å². The van der Waals surface area contributed by atoms with Crippen LogP contribution in [0.2, 0.25) is 0 Å². The number of aromatic nitrogens is 2. The highest BCUT2D eigenvalue weighted by Crippen LogP contribution is 2.19. The number of rotatable bonds is 10. The molecule has 0 fully saturated rings. The maximum atomic E-state index is 13.6. The molecular formula is C25H27F2N3O2. The fourth-order valence-electron chi connectivity index (χ4n) is 3.45. The van der Waals surface area contributed by atoms with E-state index in [4.69, 9.17) is 0 Å². The van der Waals surface area contributed by atoms with Gasteiger partial charge in [-0.1, -0.05) is 24.3 Å². The third kappa shape index (κ3) is 6.65. The first-order chi connectivity index (χ1) is 15.3. The summed E-state index contributed by atoms with van der Waals surface area (Å²) in [4.78, 5) is 26.7. The lowest BCUT2D eigenvalue weighted by molar-refractivity contribution is -0.118. The first kappa shape index (κ1) is 23.5. The van der Waals surface area contributed by atoms with Gasteiger partial charge in [0.1, 0.15) is 5.78 Å². The summed E-state index contributed by atoms with van der Waals surface area (Å²) in [5, 5.41) is 4.31. The van der Waals surface area contributed by atoms with Crippen molar-refractivity contribution >= 4 is 5.78 Å². The molecule has 0 spiro atoms. The normalized spacial score (nSPS) is 11.2. The van der Waals surface area contributed by atoms with Gasteiger partial charge in [-0.2, -0.15) is 5.10 Å². The van der Waals surface area contributed by atoms with Gasteiger partial charge in [-0.3, -0.25) is 9.59 Å². The summed E-state index contributed by atoms with van der Waals surface area (Å²) in [5.74, 6) is -1.72. The Balaban J connectivity index is 1.69. The Morgan fingerprint density at radius 3 is 2.50 bits per heavy atom. The number of benzene rings is 2. The third-order valence-electron chi connectivity index (χ3n) is 5.12. The van der Waals surface area contributed by atoms with Crippen LogP contribution in [0.5, 0.6) is 0 Å². The fraction of sp³-hybridized carbons (Fsp3) is 0.320. The minimum absolute atomic E-state index is 0.191. The maximum Gasteiger partial charge on any atom is 0.267 e. The van der Waals surface area contributed by atoms with Gasteiger partial charge in [0.15, 0.2) is 11.6 Å². The van der Waals surface area contributed by atoms with E-state index in [0.717, 1.165) is 42.6 Å². The Kier molecular flexibility index (Phi) is 8.00. The van der Waals surface area contributed by atoms with Crippen molar-refractivity contribution in [1.82, 2.24) is 14.7 Å². The first-order valence-corrected chi connectivity index (χ1v) is 10.6. The number of unbranched alkanes of at least 4 members (excludes halogenated alkanes) is 1. The number of hydrogen-bond donors (Lipinski definition) is 0. The molecule has 0 aliphatic rings. The number of halogens is 2. The van der Waals surface area contributed by atoms with Crippen LogP contribution in [0.1, 0.15) is 30.4 Å². The van der Waals surface area contributed by atoms with E-state index in [0.29, 0.717) is 24.1 Å². The number of carbonyl (C=O) groups excluding carboxylic acids is 1. The molecule has 0 saturated carbocycles. The fourth-order valence-corrected chi connectivity index (χ4v) is 3.45. The minimum atomic E-state index is -0.971. The van der Waals surface area contributed by atoms with Gasteiger partial charge >= 0.3 is 0 Å². The molecule has 2 aromatic carbocycles. The third-order valence-corrected chi connectivity index (χ3v) is 5.12. The van der Waals surface area contributed by atoms with Crippen molar-refractivity contribution < 1.29 is 13.6 Å². The van der Waals surface area contributed by atoms with Crippen molar-refractivity contribution in [2.24, 2.45) is 0 Å². The second kappa shape index (κ2) is 10.9. The molecule has 0 N–H and O–H groups in total. The van der Waals surface area contributed by atoms with Crippen LogP contribution in [0.4, 0.5) is 8.78 Å². The Labute approximate surface area is 186 Å². The maximum absolute atomic E-state index is 13.6. The second-order valence-electron chi connectivity index (χ2n) is 8.14. The Morgan fingerprint density at radius 2 is 1.75 bits per heavy atom. The highest BCUT2D eigenvalue weighted by Gasteiger charge is 2.09. The summed E-state index contributed by atoms with van der Waals surface area (Å²) in [6, 6.07) is 13.9. The monoisotopic (exact) mass is 439 g/mol. The zero-order valence-corrected chi connectivity index (χ0v) is 18.4. The van der Waals surface area contributed by atoms with Crippen LogP contribution in [0, 0.1) is 11.6 Å². The molecule has 168 valence electrons. The van der Waals surface area contributed by atoms with Gasteiger partial charge < -0.3 is 4.90 Å². The number of ketones is 1. The molecule has 0 atom stereocenters. The molecule has 5 nitrogen and oxygen atoms in total. The molecule has 0 saturated heterocycles. The average Bonchev–Trinajstić information content (AvgIpc) is 2.75. The number of nitrogens with zero attached hydrogens (tertiary/aromatic N) is 3. The standard InChI is InChI=1S/C25H27F2N3O2/c1-29(2)13-4-3-8-21(31)15-18-6-5-7-19(14-18)17-30-25(32)12-11-24(28-30)20-9-10-22(26)23(27)16-20/h5-7,9-12,14,16H,3-4,8,13,15,17H2,1-2H3. The number of Topliss-reactive ketones (excluding diaryl/α,β-unsaturated/α-hetero) is 1. The summed E-state index contributed by atoms with van der Waals surface area (Å²) in [7, 11) is 4.03. The van der Waals surface area contributed by atoms with E-state index >= 15 is 0 Å². The van der Waals surface area contributed by atoms with E-state index in [1.54, 1.807) is 0 Å². The molecule has 3 rings (SSSR count). The van der Waals surface area contributed by atoms with Crippen molar-refractivity contribution in [2.75, 3.05) is 20.6 Å². The van der Waals surface area contributed by atoms with Crippen LogP contribution in [0.25, 0.3) is 11.3 Å². The topological polar surface area (TPSA) is 55.2 Å². The predicted octanol–water partition coefficient (Wildman–Crippen LogP) is 4.08. The summed E-state index contributed by atoms with van der Waals surface area (Å²) < 4.78 is 28.1. The molecule has 0 unspecified atom stereocenters. The average molecular weight is 440 g/mol. The van der Waals surface area contributed by atoms with Gasteiger partial charge in [-0.05, 0) is 68.9 Å². The SMILES string of the molecule is CN(C)CCCCC(=O)Cc1cccc(Cn2nc(-c3ccc(F)c(F)c3)ccc2=O)c1. The zero-order chi connectivity index (χ0) is 23.1. The van der Waals surface area contributed by atoms with Crippen LogP contribution in [0.15, 0.2) is 59.4 Å². The van der Waals surface area contributed by atoms with Crippen LogP contribution in [0.3, 0.4) is 0 Å². The van der Waals surface area contributed by atoms with Gasteiger partial charge in [0, 0.05) is 24.5 Å². The summed E-state index contributed by atoms with van der Waals surface area (Å²) in [6.45, 7) is 1.18. The van der Waals surface area contributed by atoms with Crippen LogP contribution in [-0.4, -0.2) is 41.1 Å². The van der Waals surface area contributed by atoms with Gasteiger partial charge in [0.2, 0.25) is 0 Å². The molecule has 0 amide bonds. The zero-order valence-electron chi connectivity index (χ0n) is 18.4. The Bertz CT molecular complexity index is 1140. The smallest absolute Gasteiger partial charge is 0.267 e. The van der Waals surface area contributed by atoms with Crippen molar-refractivity contribution in [3.63, 3.8) is 0 Å². The molecule has 0 aliphatic heterocycles. The van der Waals surface area contributed by atoms with Crippen molar-refractivity contribution in [3.05, 3.63) is 87.7 Å². The summed E-state index contributed by atoms with van der Waals surface area (Å²) in [6.07, 6.45) is 2.76. The molecule has 3 aromatic rings. The van der Waals surface area contributed by atoms with Gasteiger partial charge in [-0.15, -0.1) is 0 Å². The lowest BCUT2D eigenvalue weighted by Gasteiger charge is -2.10. The number of hydrogen-bond acceptors (Lipinski definition) is 4. The van der Waals surface area contributed by atoms with E-state index in [1.807, 2.05) is 38.4 Å². The Morgan fingerprint density at radius 1 is 0.969 bits per heavy atom. The van der Waals surface area contributed by atoms with Crippen molar-refractivity contribution in [3.8, 4) is 11.3 Å². The van der Waals surface area contributed by atoms with E-state index in [-0.39, 0.29) is 17.9 Å². The Hall–Kier alpha value is -3.19. The summed E-state index contributed by atoms with van der Waals surface area (Å²) in [5.41, 5.74) is 2.17. The van der Waals surface area contributed by atoms with Gasteiger partial charge in [-0.25, -0.2) is 13.5 Å². The highest BCUT2D eigenvalue weighted by atomic mass is 19.2. The molecule has 0 aliphatic carbocycles. The van der Waals surface area contributed by atoms with Crippen LogP contribution >= 0.6 is 0 Å². The largest absolute Gasteiger partial charge is 0.309 e. The molecule has 1 heterocycles. The lowest BCUT2D eigenvalue weighted by Crippen LogP contribution is -2.23. The quantitative estimate of drug-likeness (QED) is 0.447. The predicted molar refractivity (Wildman–Crippen MR) is 121 cm³/mol. The highest BCUT2D eigenvalue weighted by molar-refractivity contribution is 5.80. The van der Waals surface area contributed by atoms with E-state index in [2.05, 4.69) is 10.00 Å². The number of carbonyl (C=O) groups is 1. The molecular weight excluding hydrogens is 412 g/mol. The van der Waals surface area contributed by atoms with Gasteiger partial charge in [0.25, 0.3) is 5.56 Å². The second-order valence-corrected chi connectivity index (χ2v) is 8.14. The van der Waals surface area contributed by atoms with E-state index in [1.165, 1.54) is 22.9 Å².